The van der Waals surface area contributed by atoms with Gasteiger partial charge in [-0.3, -0.25) is 4.79 Å². The molecule has 28 heavy (non-hydrogen) atoms. The lowest BCUT2D eigenvalue weighted by atomic mass is 10.2. The normalized spacial score (nSPS) is 10.7. The molecule has 0 unspecified atom stereocenters. The summed E-state index contributed by atoms with van der Waals surface area (Å²) in [4.78, 5) is 12.4. The monoisotopic (exact) mass is 381 g/mol. The first-order valence-corrected chi connectivity index (χ1v) is 9.12. The first kappa shape index (κ1) is 19.3. The molecule has 8 nitrogen and oxygen atoms in total. The SMILES string of the molecule is CCOc1ccc(-n2nnnc2CNC(=O)c2ccc(OC(C)C)cc2)cc1. The van der Waals surface area contributed by atoms with E-state index in [2.05, 4.69) is 20.8 Å². The van der Waals surface area contributed by atoms with E-state index >= 15 is 0 Å². The van der Waals surface area contributed by atoms with Crippen LogP contribution < -0.4 is 14.8 Å². The summed E-state index contributed by atoms with van der Waals surface area (Å²) in [6.07, 6.45) is 0.0844. The van der Waals surface area contributed by atoms with Gasteiger partial charge in [0.1, 0.15) is 11.5 Å². The summed E-state index contributed by atoms with van der Waals surface area (Å²) in [5.41, 5.74) is 1.32. The second-order valence-electron chi connectivity index (χ2n) is 6.31. The molecule has 0 saturated heterocycles. The van der Waals surface area contributed by atoms with E-state index in [0.717, 1.165) is 17.2 Å². The average molecular weight is 381 g/mol. The van der Waals surface area contributed by atoms with Crippen LogP contribution in [0.3, 0.4) is 0 Å². The number of hydrogen-bond donors (Lipinski definition) is 1. The fourth-order valence-electron chi connectivity index (χ4n) is 2.59. The van der Waals surface area contributed by atoms with Gasteiger partial charge in [0.2, 0.25) is 0 Å². The lowest BCUT2D eigenvalue weighted by Crippen LogP contribution is -2.24. The molecule has 1 N–H and O–H groups in total. The van der Waals surface area contributed by atoms with Gasteiger partial charge in [0.25, 0.3) is 5.91 Å². The molecule has 0 saturated carbocycles. The Bertz CT molecular complexity index is 904. The minimum Gasteiger partial charge on any atom is -0.494 e. The van der Waals surface area contributed by atoms with Crippen molar-refractivity contribution in [2.24, 2.45) is 0 Å². The summed E-state index contributed by atoms with van der Waals surface area (Å²) < 4.78 is 12.6. The molecule has 1 amide bonds. The Morgan fingerprint density at radius 1 is 1.07 bits per heavy atom. The predicted octanol–water partition coefficient (Wildman–Crippen LogP) is 2.78. The minimum atomic E-state index is -0.211. The van der Waals surface area contributed by atoms with Crippen molar-refractivity contribution in [3.8, 4) is 17.2 Å². The number of rotatable bonds is 8. The molecule has 3 rings (SSSR count). The van der Waals surface area contributed by atoms with Crippen molar-refractivity contribution in [2.75, 3.05) is 6.61 Å². The summed E-state index contributed by atoms with van der Waals surface area (Å²) in [6, 6.07) is 14.4. The van der Waals surface area contributed by atoms with E-state index in [0.29, 0.717) is 18.0 Å². The van der Waals surface area contributed by atoms with E-state index in [9.17, 15) is 4.79 Å². The standard InChI is InChI=1S/C20H23N5O3/c1-4-27-17-11-7-16(8-12-17)25-19(22-23-24-25)13-21-20(26)15-5-9-18(10-6-15)28-14(2)3/h5-12,14H,4,13H2,1-3H3,(H,21,26). The van der Waals surface area contributed by atoms with Gasteiger partial charge in [-0.05, 0) is 79.7 Å². The lowest BCUT2D eigenvalue weighted by molar-refractivity contribution is 0.0949. The zero-order chi connectivity index (χ0) is 19.9. The summed E-state index contributed by atoms with van der Waals surface area (Å²) in [5.74, 6) is 1.82. The van der Waals surface area contributed by atoms with Crippen LogP contribution in [0.25, 0.3) is 5.69 Å². The summed E-state index contributed by atoms with van der Waals surface area (Å²) in [6.45, 7) is 6.64. The van der Waals surface area contributed by atoms with Gasteiger partial charge >= 0.3 is 0 Å². The van der Waals surface area contributed by atoms with Gasteiger partial charge in [-0.2, -0.15) is 4.68 Å². The molecule has 0 spiro atoms. The van der Waals surface area contributed by atoms with E-state index in [1.165, 1.54) is 0 Å². The molecule has 146 valence electrons. The van der Waals surface area contributed by atoms with Crippen LogP contribution in [0.1, 0.15) is 37.0 Å². The Balaban J connectivity index is 1.63. The summed E-state index contributed by atoms with van der Waals surface area (Å²) in [7, 11) is 0. The zero-order valence-electron chi connectivity index (χ0n) is 16.1. The van der Waals surface area contributed by atoms with E-state index in [1.54, 1.807) is 28.9 Å². The van der Waals surface area contributed by atoms with Gasteiger partial charge in [0.15, 0.2) is 5.82 Å². The number of amides is 1. The molecule has 3 aromatic rings. The number of tetrazole rings is 1. The molecular formula is C20H23N5O3. The number of hydrogen-bond acceptors (Lipinski definition) is 6. The van der Waals surface area contributed by atoms with Crippen LogP contribution in [0.15, 0.2) is 48.5 Å². The molecule has 0 bridgehead atoms. The second kappa shape index (κ2) is 8.98. The quantitative estimate of drug-likeness (QED) is 0.645. The summed E-state index contributed by atoms with van der Waals surface area (Å²) >= 11 is 0. The van der Waals surface area contributed by atoms with Gasteiger partial charge in [-0.15, -0.1) is 5.10 Å². The van der Waals surface area contributed by atoms with Crippen LogP contribution in [0, 0.1) is 0 Å². The molecular weight excluding hydrogens is 358 g/mol. The Labute approximate surface area is 163 Å². The number of carbonyl (C=O) groups is 1. The highest BCUT2D eigenvalue weighted by Crippen LogP contribution is 2.16. The number of nitrogens with one attached hydrogen (secondary N) is 1. The van der Waals surface area contributed by atoms with E-state index in [1.807, 2.05) is 45.0 Å². The number of ether oxygens (including phenoxy) is 2. The molecule has 0 radical (unpaired) electrons. The molecule has 0 aliphatic heterocycles. The minimum absolute atomic E-state index is 0.0844. The van der Waals surface area contributed by atoms with Crippen molar-refractivity contribution < 1.29 is 14.3 Å². The van der Waals surface area contributed by atoms with Crippen LogP contribution >= 0.6 is 0 Å². The predicted molar refractivity (Wildman–Crippen MR) is 104 cm³/mol. The van der Waals surface area contributed by atoms with Crippen LogP contribution in [-0.4, -0.2) is 38.8 Å². The Morgan fingerprint density at radius 3 is 2.39 bits per heavy atom. The molecule has 1 heterocycles. The van der Waals surface area contributed by atoms with E-state index in [4.69, 9.17) is 9.47 Å². The molecule has 0 aliphatic rings. The molecule has 0 atom stereocenters. The molecule has 1 aromatic heterocycles. The van der Waals surface area contributed by atoms with Crippen molar-refractivity contribution >= 4 is 5.91 Å². The Hall–Kier alpha value is -3.42. The third-order valence-electron chi connectivity index (χ3n) is 3.82. The average Bonchev–Trinajstić information content (AvgIpc) is 3.16. The number of carbonyl (C=O) groups excluding carboxylic acids is 1. The van der Waals surface area contributed by atoms with Crippen LogP contribution in [0.4, 0.5) is 0 Å². The molecule has 2 aromatic carbocycles. The van der Waals surface area contributed by atoms with Crippen LogP contribution in [0.2, 0.25) is 0 Å². The topological polar surface area (TPSA) is 91.2 Å². The largest absolute Gasteiger partial charge is 0.494 e. The van der Waals surface area contributed by atoms with Gasteiger partial charge in [0.05, 0.1) is 24.9 Å². The first-order valence-electron chi connectivity index (χ1n) is 9.12. The lowest BCUT2D eigenvalue weighted by Gasteiger charge is -2.10. The van der Waals surface area contributed by atoms with E-state index < -0.39 is 0 Å². The second-order valence-corrected chi connectivity index (χ2v) is 6.31. The highest BCUT2D eigenvalue weighted by atomic mass is 16.5. The highest BCUT2D eigenvalue weighted by molar-refractivity contribution is 5.94. The highest BCUT2D eigenvalue weighted by Gasteiger charge is 2.12. The van der Waals surface area contributed by atoms with Gasteiger partial charge in [0, 0.05) is 5.56 Å². The van der Waals surface area contributed by atoms with Crippen LogP contribution in [0.5, 0.6) is 11.5 Å². The van der Waals surface area contributed by atoms with Gasteiger partial charge in [-0.1, -0.05) is 0 Å². The third-order valence-corrected chi connectivity index (χ3v) is 3.82. The summed E-state index contributed by atoms with van der Waals surface area (Å²) in [5, 5.41) is 14.5. The van der Waals surface area contributed by atoms with Crippen molar-refractivity contribution in [1.82, 2.24) is 25.5 Å². The molecule has 0 aliphatic carbocycles. The smallest absolute Gasteiger partial charge is 0.251 e. The number of nitrogens with zero attached hydrogens (tertiary/aromatic N) is 4. The maximum Gasteiger partial charge on any atom is 0.251 e. The third kappa shape index (κ3) is 4.85. The maximum atomic E-state index is 12.4. The molecule has 8 heteroatoms. The van der Waals surface area contributed by atoms with Crippen molar-refractivity contribution in [1.29, 1.82) is 0 Å². The fraction of sp³-hybridized carbons (Fsp3) is 0.300. The first-order chi connectivity index (χ1) is 13.6. The van der Waals surface area contributed by atoms with Crippen molar-refractivity contribution in [3.05, 3.63) is 59.9 Å². The van der Waals surface area contributed by atoms with Gasteiger partial charge < -0.3 is 14.8 Å². The van der Waals surface area contributed by atoms with Crippen LogP contribution in [-0.2, 0) is 6.54 Å². The zero-order valence-corrected chi connectivity index (χ0v) is 16.1. The Morgan fingerprint density at radius 2 is 1.75 bits per heavy atom. The number of aromatic nitrogens is 4. The maximum absolute atomic E-state index is 12.4. The van der Waals surface area contributed by atoms with Crippen molar-refractivity contribution in [2.45, 2.75) is 33.4 Å². The number of benzene rings is 2. The fourth-order valence-corrected chi connectivity index (χ4v) is 2.59. The molecule has 0 fully saturated rings. The van der Waals surface area contributed by atoms with Crippen molar-refractivity contribution in [3.63, 3.8) is 0 Å². The van der Waals surface area contributed by atoms with E-state index in [-0.39, 0.29) is 18.6 Å². The Kier molecular flexibility index (Phi) is 6.21. The van der Waals surface area contributed by atoms with Gasteiger partial charge in [-0.25, -0.2) is 0 Å².